The summed E-state index contributed by atoms with van der Waals surface area (Å²) in [6, 6.07) is 3.46. The molecule has 1 aromatic rings. The molecule has 0 radical (unpaired) electrons. The van der Waals surface area contributed by atoms with Crippen molar-refractivity contribution in [3.8, 4) is 11.5 Å². The van der Waals surface area contributed by atoms with E-state index < -0.39 is 5.97 Å². The van der Waals surface area contributed by atoms with Crippen LogP contribution in [0.1, 0.15) is 24.9 Å². The molecule has 1 aliphatic rings. The predicted molar refractivity (Wildman–Crippen MR) is 75.7 cm³/mol. The number of nitrogens with one attached hydrogen (secondary N) is 1. The summed E-state index contributed by atoms with van der Waals surface area (Å²) in [5.41, 5.74) is 0.876. The van der Waals surface area contributed by atoms with Crippen molar-refractivity contribution in [2.45, 2.75) is 19.4 Å². The number of aliphatic carboxylic acids is 1. The average molecular weight is 300 g/mol. The van der Waals surface area contributed by atoms with Crippen LogP contribution in [0.4, 0.5) is 0 Å². The second-order valence-corrected chi connectivity index (χ2v) is 5.10. The first-order chi connectivity index (χ1) is 9.56. The molecular weight excluding hydrogens is 282 g/mol. The van der Waals surface area contributed by atoms with E-state index in [1.54, 1.807) is 19.2 Å². The van der Waals surface area contributed by atoms with E-state index in [-0.39, 0.29) is 12.0 Å². The summed E-state index contributed by atoms with van der Waals surface area (Å²) in [5, 5.41) is 12.8. The molecule has 1 heterocycles. The first kappa shape index (κ1) is 14.9. The predicted octanol–water partition coefficient (Wildman–Crippen LogP) is 2.48. The van der Waals surface area contributed by atoms with Crippen molar-refractivity contribution in [2.75, 3.05) is 20.3 Å². The largest absolute Gasteiger partial charge is 0.495 e. The lowest BCUT2D eigenvalue weighted by Crippen LogP contribution is -2.17. The van der Waals surface area contributed by atoms with Gasteiger partial charge in [-0.2, -0.15) is 0 Å². The topological polar surface area (TPSA) is 67.8 Å². The summed E-state index contributed by atoms with van der Waals surface area (Å²) in [6.45, 7) is 2.87. The van der Waals surface area contributed by atoms with Crippen LogP contribution in [0.15, 0.2) is 12.1 Å². The van der Waals surface area contributed by atoms with Crippen molar-refractivity contribution >= 4 is 17.6 Å². The Hall–Kier alpha value is -1.46. The van der Waals surface area contributed by atoms with E-state index in [9.17, 15) is 4.79 Å². The van der Waals surface area contributed by atoms with Gasteiger partial charge in [-0.25, -0.2) is 0 Å². The Morgan fingerprint density at radius 1 is 1.50 bits per heavy atom. The fourth-order valence-electron chi connectivity index (χ4n) is 2.42. The van der Waals surface area contributed by atoms with Crippen LogP contribution >= 0.6 is 11.6 Å². The van der Waals surface area contributed by atoms with E-state index in [1.807, 2.05) is 6.92 Å². The van der Waals surface area contributed by atoms with Crippen molar-refractivity contribution in [3.63, 3.8) is 0 Å². The van der Waals surface area contributed by atoms with Gasteiger partial charge in [0.05, 0.1) is 24.7 Å². The maximum atomic E-state index is 11.0. The van der Waals surface area contributed by atoms with Crippen LogP contribution in [0.5, 0.6) is 11.5 Å². The Morgan fingerprint density at radius 3 is 2.80 bits per heavy atom. The molecule has 0 saturated carbocycles. The number of hydrogen-bond donors (Lipinski definition) is 2. The monoisotopic (exact) mass is 299 g/mol. The summed E-state index contributed by atoms with van der Waals surface area (Å²) >= 11 is 6.15. The van der Waals surface area contributed by atoms with Crippen molar-refractivity contribution in [1.29, 1.82) is 0 Å². The van der Waals surface area contributed by atoms with E-state index in [1.165, 1.54) is 0 Å². The summed E-state index contributed by atoms with van der Waals surface area (Å²) in [6.07, 6.45) is 0.526. The highest BCUT2D eigenvalue weighted by atomic mass is 35.5. The van der Waals surface area contributed by atoms with Gasteiger partial charge in [-0.3, -0.25) is 4.79 Å². The van der Waals surface area contributed by atoms with Crippen LogP contribution in [0.2, 0.25) is 5.02 Å². The van der Waals surface area contributed by atoms with Crippen LogP contribution in [-0.4, -0.2) is 31.3 Å². The van der Waals surface area contributed by atoms with Crippen molar-refractivity contribution in [1.82, 2.24) is 5.32 Å². The zero-order chi connectivity index (χ0) is 14.7. The number of ether oxygens (including phenoxy) is 2. The molecule has 2 N–H and O–H groups in total. The lowest BCUT2D eigenvalue weighted by atomic mass is 9.99. The first-order valence-corrected chi connectivity index (χ1v) is 6.91. The molecule has 2 unspecified atom stereocenters. The summed E-state index contributed by atoms with van der Waals surface area (Å²) in [5.74, 6) is 0.0665. The molecule has 2 rings (SSSR count). The molecule has 0 aromatic heterocycles. The smallest absolute Gasteiger partial charge is 0.307 e. The van der Waals surface area contributed by atoms with Gasteiger partial charge >= 0.3 is 5.97 Å². The van der Waals surface area contributed by atoms with E-state index in [4.69, 9.17) is 26.2 Å². The average Bonchev–Trinajstić information content (AvgIpc) is 2.90. The third-order valence-corrected chi connectivity index (χ3v) is 3.73. The highest BCUT2D eigenvalue weighted by Crippen LogP contribution is 2.39. The van der Waals surface area contributed by atoms with Crippen LogP contribution in [0, 0.1) is 5.92 Å². The standard InChI is InChI=1S/C14H18ClNO4/c1-3-20-12-6-13(19-2)10(15)5-9(12)11-4-8(7-16-11)14(17)18/h5-6,8,11,16H,3-4,7H2,1-2H3,(H,17,18). The van der Waals surface area contributed by atoms with E-state index >= 15 is 0 Å². The second-order valence-electron chi connectivity index (χ2n) is 4.69. The fourth-order valence-corrected chi connectivity index (χ4v) is 2.67. The summed E-state index contributed by atoms with van der Waals surface area (Å²) in [4.78, 5) is 11.0. The van der Waals surface area contributed by atoms with Gasteiger partial charge < -0.3 is 19.9 Å². The highest BCUT2D eigenvalue weighted by Gasteiger charge is 2.32. The highest BCUT2D eigenvalue weighted by molar-refractivity contribution is 6.32. The lowest BCUT2D eigenvalue weighted by Gasteiger charge is -2.18. The Kier molecular flexibility index (Phi) is 4.73. The zero-order valence-corrected chi connectivity index (χ0v) is 12.2. The zero-order valence-electron chi connectivity index (χ0n) is 11.5. The van der Waals surface area contributed by atoms with Gasteiger partial charge in [-0.05, 0) is 19.4 Å². The number of benzene rings is 1. The lowest BCUT2D eigenvalue weighted by molar-refractivity contribution is -0.141. The van der Waals surface area contributed by atoms with Crippen LogP contribution in [0.25, 0.3) is 0 Å². The molecular formula is C14H18ClNO4. The number of carboxylic acids is 1. The molecule has 1 aliphatic heterocycles. The molecule has 1 fully saturated rings. The molecule has 1 aromatic carbocycles. The third-order valence-electron chi connectivity index (χ3n) is 3.44. The second kappa shape index (κ2) is 6.33. The van der Waals surface area contributed by atoms with Gasteiger partial charge in [0.1, 0.15) is 11.5 Å². The van der Waals surface area contributed by atoms with Gasteiger partial charge in [-0.15, -0.1) is 0 Å². The Labute approximate surface area is 122 Å². The maximum Gasteiger partial charge on any atom is 0.307 e. The number of carboxylic acid groups (broad SMARTS) is 1. The third kappa shape index (κ3) is 2.99. The van der Waals surface area contributed by atoms with E-state index in [0.29, 0.717) is 36.1 Å². The van der Waals surface area contributed by atoms with Crippen molar-refractivity contribution < 1.29 is 19.4 Å². The Morgan fingerprint density at radius 2 is 2.25 bits per heavy atom. The van der Waals surface area contributed by atoms with E-state index in [2.05, 4.69) is 5.32 Å². The molecule has 20 heavy (non-hydrogen) atoms. The fraction of sp³-hybridized carbons (Fsp3) is 0.500. The minimum Gasteiger partial charge on any atom is -0.495 e. The molecule has 110 valence electrons. The number of methoxy groups -OCH3 is 1. The van der Waals surface area contributed by atoms with Gasteiger partial charge in [0.25, 0.3) is 0 Å². The molecule has 0 aliphatic carbocycles. The van der Waals surface area contributed by atoms with Gasteiger partial charge in [0.2, 0.25) is 0 Å². The first-order valence-electron chi connectivity index (χ1n) is 6.53. The minimum absolute atomic E-state index is 0.0685. The molecule has 6 heteroatoms. The normalized spacial score (nSPS) is 21.8. The summed E-state index contributed by atoms with van der Waals surface area (Å²) < 4.78 is 10.8. The van der Waals surface area contributed by atoms with Gasteiger partial charge in [-0.1, -0.05) is 11.6 Å². The van der Waals surface area contributed by atoms with E-state index in [0.717, 1.165) is 5.56 Å². The number of rotatable bonds is 5. The van der Waals surface area contributed by atoms with Crippen molar-refractivity contribution in [2.24, 2.45) is 5.92 Å². The van der Waals surface area contributed by atoms with Gasteiger partial charge in [0.15, 0.2) is 0 Å². The number of hydrogen-bond acceptors (Lipinski definition) is 4. The van der Waals surface area contributed by atoms with Crippen LogP contribution in [-0.2, 0) is 4.79 Å². The number of halogens is 1. The van der Waals surface area contributed by atoms with Crippen molar-refractivity contribution in [3.05, 3.63) is 22.7 Å². The summed E-state index contributed by atoms with van der Waals surface area (Å²) in [7, 11) is 1.55. The molecule has 0 spiro atoms. The van der Waals surface area contributed by atoms with Gasteiger partial charge in [0, 0.05) is 24.2 Å². The Bertz CT molecular complexity index is 506. The minimum atomic E-state index is -0.780. The molecule has 0 amide bonds. The maximum absolute atomic E-state index is 11.0. The molecule has 0 bridgehead atoms. The quantitative estimate of drug-likeness (QED) is 0.874. The molecule has 5 nitrogen and oxygen atoms in total. The molecule has 2 atom stereocenters. The SMILES string of the molecule is CCOc1cc(OC)c(Cl)cc1C1CC(C(=O)O)CN1. The number of carbonyl (C=O) groups is 1. The Balaban J connectivity index is 2.30. The van der Waals surface area contributed by atoms with Crippen LogP contribution < -0.4 is 14.8 Å². The van der Waals surface area contributed by atoms with Crippen LogP contribution in [0.3, 0.4) is 0 Å². The molecule has 1 saturated heterocycles.